The van der Waals surface area contributed by atoms with Gasteiger partial charge in [-0.3, -0.25) is 4.98 Å². The van der Waals surface area contributed by atoms with Crippen LogP contribution in [-0.2, 0) is 0 Å². The summed E-state index contributed by atoms with van der Waals surface area (Å²) in [6, 6.07) is 8.37. The molecule has 1 aromatic carbocycles. The summed E-state index contributed by atoms with van der Waals surface area (Å²) in [5.41, 5.74) is 1.93. The molecule has 3 rings (SSSR count). The molecule has 0 amide bonds. The topological polar surface area (TPSA) is 28.2 Å². The normalized spacial score (nSPS) is 19.1. The Labute approximate surface area is 135 Å². The van der Waals surface area contributed by atoms with Crippen molar-refractivity contribution in [2.24, 2.45) is 5.92 Å². The molecule has 0 bridgehead atoms. The molecule has 23 heavy (non-hydrogen) atoms. The molecule has 0 spiro atoms. The molecule has 1 aliphatic rings. The van der Waals surface area contributed by atoms with Crippen molar-refractivity contribution in [3.8, 4) is 0 Å². The monoisotopic (exact) mass is 317 g/mol. The molecule has 122 valence electrons. The fourth-order valence-electron chi connectivity index (χ4n) is 3.01. The quantitative estimate of drug-likeness (QED) is 0.914. The van der Waals surface area contributed by atoms with E-state index in [0.717, 1.165) is 31.7 Å². The molecule has 1 aliphatic heterocycles. The van der Waals surface area contributed by atoms with Gasteiger partial charge in [0.1, 0.15) is 0 Å². The van der Waals surface area contributed by atoms with Gasteiger partial charge in [-0.25, -0.2) is 8.78 Å². The van der Waals surface area contributed by atoms with E-state index in [1.54, 1.807) is 12.3 Å². The molecule has 2 aromatic rings. The Bertz CT molecular complexity index is 648. The summed E-state index contributed by atoms with van der Waals surface area (Å²) in [6.45, 7) is 4.76. The van der Waals surface area contributed by atoms with E-state index in [1.807, 2.05) is 12.3 Å². The number of rotatable bonds is 5. The lowest BCUT2D eigenvalue weighted by Crippen LogP contribution is -2.28. The zero-order valence-electron chi connectivity index (χ0n) is 13.2. The highest BCUT2D eigenvalue weighted by atomic mass is 19.2. The lowest BCUT2D eigenvalue weighted by atomic mass is 10.1. The van der Waals surface area contributed by atoms with Crippen LogP contribution in [0.25, 0.3) is 0 Å². The average Bonchev–Trinajstić information content (AvgIpc) is 3.05. The van der Waals surface area contributed by atoms with Crippen molar-refractivity contribution < 1.29 is 8.78 Å². The predicted octanol–water partition coefficient (Wildman–Crippen LogP) is 3.54. The van der Waals surface area contributed by atoms with Crippen molar-refractivity contribution in [2.75, 3.05) is 24.5 Å². The largest absolute Gasteiger partial charge is 0.371 e. The van der Waals surface area contributed by atoms with Gasteiger partial charge in [0.2, 0.25) is 0 Å². The third-order valence-electron chi connectivity index (χ3n) is 4.45. The van der Waals surface area contributed by atoms with E-state index in [2.05, 4.69) is 28.2 Å². The predicted molar refractivity (Wildman–Crippen MR) is 87.3 cm³/mol. The van der Waals surface area contributed by atoms with Gasteiger partial charge in [0.25, 0.3) is 0 Å². The van der Waals surface area contributed by atoms with Crippen molar-refractivity contribution in [1.82, 2.24) is 10.3 Å². The minimum absolute atomic E-state index is 0.251. The first-order chi connectivity index (χ1) is 11.1. The molecular formula is C18H21F2N3. The molecule has 1 N–H and O–H groups in total. The number of hydrogen-bond donors (Lipinski definition) is 1. The van der Waals surface area contributed by atoms with Crippen LogP contribution in [0.5, 0.6) is 0 Å². The zero-order valence-corrected chi connectivity index (χ0v) is 13.2. The van der Waals surface area contributed by atoms with Crippen molar-refractivity contribution in [2.45, 2.75) is 19.4 Å². The van der Waals surface area contributed by atoms with Gasteiger partial charge < -0.3 is 10.2 Å². The van der Waals surface area contributed by atoms with E-state index in [4.69, 9.17) is 0 Å². The third kappa shape index (κ3) is 3.85. The van der Waals surface area contributed by atoms with Crippen molar-refractivity contribution in [3.05, 3.63) is 59.9 Å². The zero-order chi connectivity index (χ0) is 16.2. The molecule has 1 aromatic heterocycles. The molecule has 5 heteroatoms. The molecule has 3 nitrogen and oxygen atoms in total. The fraction of sp³-hybridized carbons (Fsp3) is 0.389. The maximum atomic E-state index is 13.4. The van der Waals surface area contributed by atoms with E-state index in [1.165, 1.54) is 17.7 Å². The van der Waals surface area contributed by atoms with Crippen LogP contribution in [0.2, 0.25) is 0 Å². The van der Waals surface area contributed by atoms with Crippen LogP contribution in [0.1, 0.15) is 24.9 Å². The van der Waals surface area contributed by atoms with Crippen molar-refractivity contribution in [3.63, 3.8) is 0 Å². The second-order valence-corrected chi connectivity index (χ2v) is 6.12. The molecule has 2 atom stereocenters. The van der Waals surface area contributed by atoms with Crippen LogP contribution in [0.4, 0.5) is 14.5 Å². The van der Waals surface area contributed by atoms with Gasteiger partial charge in [0.05, 0.1) is 0 Å². The lowest BCUT2D eigenvalue weighted by molar-refractivity contribution is 0.472. The summed E-state index contributed by atoms with van der Waals surface area (Å²) < 4.78 is 26.4. The highest BCUT2D eigenvalue weighted by molar-refractivity contribution is 5.47. The van der Waals surface area contributed by atoms with Crippen molar-refractivity contribution >= 4 is 5.69 Å². The highest BCUT2D eigenvalue weighted by Gasteiger charge is 2.23. The first-order valence-electron chi connectivity index (χ1n) is 7.97. The van der Waals surface area contributed by atoms with E-state index in [0.29, 0.717) is 5.92 Å². The van der Waals surface area contributed by atoms with Gasteiger partial charge in [-0.15, -0.1) is 0 Å². The second-order valence-electron chi connectivity index (χ2n) is 6.12. The van der Waals surface area contributed by atoms with Gasteiger partial charge in [-0.05, 0) is 43.0 Å². The first kappa shape index (κ1) is 15.9. The fourth-order valence-corrected chi connectivity index (χ4v) is 3.01. The number of nitrogens with one attached hydrogen (secondary N) is 1. The SMILES string of the molecule is C[C@H](NC[C@@H]1CCN(c2ccc(F)c(F)c2)C1)c1cccnc1. The summed E-state index contributed by atoms with van der Waals surface area (Å²) in [6.07, 6.45) is 4.69. The number of benzene rings is 1. The van der Waals surface area contributed by atoms with Crippen LogP contribution in [0, 0.1) is 17.6 Å². The number of anilines is 1. The number of nitrogens with zero attached hydrogens (tertiary/aromatic N) is 2. The number of hydrogen-bond acceptors (Lipinski definition) is 3. The van der Waals surface area contributed by atoms with Crippen LogP contribution < -0.4 is 10.2 Å². The minimum atomic E-state index is -0.795. The first-order valence-corrected chi connectivity index (χ1v) is 7.97. The third-order valence-corrected chi connectivity index (χ3v) is 4.45. The van der Waals surface area contributed by atoms with Crippen LogP contribution in [-0.4, -0.2) is 24.6 Å². The maximum absolute atomic E-state index is 13.4. The average molecular weight is 317 g/mol. The van der Waals surface area contributed by atoms with Crippen LogP contribution >= 0.6 is 0 Å². The standard InChI is InChI=1S/C18H21F2N3/c1-13(15-3-2-7-21-11-15)22-10-14-6-8-23(12-14)16-4-5-17(19)18(20)9-16/h2-5,7,9,11,13-14,22H,6,8,10,12H2,1H3/t13-,14-/m0/s1. The minimum Gasteiger partial charge on any atom is -0.371 e. The van der Waals surface area contributed by atoms with E-state index < -0.39 is 11.6 Å². The number of pyridine rings is 1. The van der Waals surface area contributed by atoms with Gasteiger partial charge in [0, 0.05) is 49.8 Å². The maximum Gasteiger partial charge on any atom is 0.160 e. The van der Waals surface area contributed by atoms with Gasteiger partial charge in [0.15, 0.2) is 11.6 Å². The molecule has 0 radical (unpaired) electrons. The summed E-state index contributed by atoms with van der Waals surface area (Å²) >= 11 is 0. The number of aromatic nitrogens is 1. The van der Waals surface area contributed by atoms with Gasteiger partial charge in [-0.2, -0.15) is 0 Å². The Hall–Kier alpha value is -2.01. The van der Waals surface area contributed by atoms with Crippen LogP contribution in [0.3, 0.4) is 0 Å². The molecular weight excluding hydrogens is 296 g/mol. The summed E-state index contributed by atoms with van der Waals surface area (Å²) in [5, 5.41) is 3.53. The van der Waals surface area contributed by atoms with Crippen LogP contribution in [0.15, 0.2) is 42.7 Å². The number of halogens is 2. The highest BCUT2D eigenvalue weighted by Crippen LogP contribution is 2.25. The summed E-state index contributed by atoms with van der Waals surface area (Å²) in [5.74, 6) is -1.08. The Balaban J connectivity index is 1.53. The Kier molecular flexibility index (Phi) is 4.86. The molecule has 1 fully saturated rings. The van der Waals surface area contributed by atoms with E-state index in [9.17, 15) is 8.78 Å². The molecule has 0 unspecified atom stereocenters. The Morgan fingerprint density at radius 3 is 2.91 bits per heavy atom. The summed E-state index contributed by atoms with van der Waals surface area (Å²) in [4.78, 5) is 6.25. The van der Waals surface area contributed by atoms with Crippen molar-refractivity contribution in [1.29, 1.82) is 0 Å². The molecule has 0 aliphatic carbocycles. The Morgan fingerprint density at radius 2 is 2.17 bits per heavy atom. The molecule has 1 saturated heterocycles. The van der Waals surface area contributed by atoms with E-state index in [-0.39, 0.29) is 6.04 Å². The van der Waals surface area contributed by atoms with Gasteiger partial charge >= 0.3 is 0 Å². The van der Waals surface area contributed by atoms with Gasteiger partial charge in [-0.1, -0.05) is 6.07 Å². The second kappa shape index (κ2) is 7.04. The summed E-state index contributed by atoms with van der Waals surface area (Å²) in [7, 11) is 0. The smallest absolute Gasteiger partial charge is 0.160 e. The Morgan fingerprint density at radius 1 is 1.30 bits per heavy atom. The molecule has 0 saturated carbocycles. The molecule has 2 heterocycles. The van der Waals surface area contributed by atoms with E-state index >= 15 is 0 Å². The lowest BCUT2D eigenvalue weighted by Gasteiger charge is -2.20.